The van der Waals surface area contributed by atoms with Crippen molar-refractivity contribution in [1.29, 1.82) is 0 Å². The molecule has 108 valence electrons. The minimum atomic E-state index is 0.531. The highest BCUT2D eigenvalue weighted by Gasteiger charge is 2.15. The highest BCUT2D eigenvalue weighted by atomic mass is 32.2. The SMILES string of the molecule is Cc1nn(-c2ccccc2)c(SCCN(C)C)c1CN. The highest BCUT2D eigenvalue weighted by molar-refractivity contribution is 7.99. The zero-order valence-electron chi connectivity index (χ0n) is 12.3. The average Bonchev–Trinajstić information content (AvgIpc) is 2.75. The Bertz CT molecular complexity index is 549. The Hall–Kier alpha value is -1.30. The van der Waals surface area contributed by atoms with E-state index in [1.54, 1.807) is 0 Å². The van der Waals surface area contributed by atoms with E-state index in [9.17, 15) is 0 Å². The fourth-order valence-electron chi connectivity index (χ4n) is 1.99. The Morgan fingerprint density at radius 2 is 1.95 bits per heavy atom. The van der Waals surface area contributed by atoms with Crippen molar-refractivity contribution in [3.63, 3.8) is 0 Å². The number of nitrogens with two attached hydrogens (primary N) is 1. The number of hydrogen-bond acceptors (Lipinski definition) is 4. The van der Waals surface area contributed by atoms with Gasteiger partial charge in [-0.2, -0.15) is 5.10 Å². The van der Waals surface area contributed by atoms with Crippen molar-refractivity contribution >= 4 is 11.8 Å². The minimum Gasteiger partial charge on any atom is -0.326 e. The summed E-state index contributed by atoms with van der Waals surface area (Å²) >= 11 is 1.82. The maximum absolute atomic E-state index is 5.90. The van der Waals surface area contributed by atoms with Gasteiger partial charge in [-0.05, 0) is 33.2 Å². The predicted octanol–water partition coefficient (Wildman–Crippen LogP) is 2.29. The first kappa shape index (κ1) is 15.1. The molecule has 0 unspecified atom stereocenters. The van der Waals surface area contributed by atoms with Crippen LogP contribution in [0.25, 0.3) is 5.69 Å². The normalized spacial score (nSPS) is 11.2. The molecule has 0 aliphatic heterocycles. The first-order valence-corrected chi connectivity index (χ1v) is 7.73. The molecule has 1 aromatic carbocycles. The van der Waals surface area contributed by atoms with Crippen LogP contribution in [-0.2, 0) is 6.54 Å². The van der Waals surface area contributed by atoms with Crippen LogP contribution in [0.2, 0.25) is 0 Å². The Labute approximate surface area is 125 Å². The lowest BCUT2D eigenvalue weighted by Crippen LogP contribution is -2.15. The third-order valence-electron chi connectivity index (χ3n) is 3.12. The standard InChI is InChI=1S/C15H22N4S/c1-12-14(11-16)15(20-10-9-18(2)3)19(17-12)13-7-5-4-6-8-13/h4-8H,9-11,16H2,1-3H3. The number of hydrogen-bond donors (Lipinski definition) is 1. The molecular formula is C15H22N4S. The maximum Gasteiger partial charge on any atom is 0.105 e. The van der Waals surface area contributed by atoms with Crippen molar-refractivity contribution in [1.82, 2.24) is 14.7 Å². The third-order valence-corrected chi connectivity index (χ3v) is 4.20. The molecule has 2 rings (SSSR count). The topological polar surface area (TPSA) is 47.1 Å². The zero-order valence-corrected chi connectivity index (χ0v) is 13.2. The van der Waals surface area contributed by atoms with Gasteiger partial charge in [-0.1, -0.05) is 18.2 Å². The van der Waals surface area contributed by atoms with Gasteiger partial charge in [0.1, 0.15) is 5.03 Å². The summed E-state index contributed by atoms with van der Waals surface area (Å²) in [5.74, 6) is 1.03. The number of benzene rings is 1. The van der Waals surface area contributed by atoms with E-state index in [4.69, 9.17) is 5.73 Å². The van der Waals surface area contributed by atoms with Crippen LogP contribution in [-0.4, -0.2) is 41.1 Å². The van der Waals surface area contributed by atoms with Gasteiger partial charge in [-0.25, -0.2) is 4.68 Å². The van der Waals surface area contributed by atoms with Crippen molar-refractivity contribution in [2.24, 2.45) is 5.73 Å². The molecule has 0 radical (unpaired) electrons. The van der Waals surface area contributed by atoms with Crippen molar-refractivity contribution in [3.8, 4) is 5.69 Å². The molecule has 0 aliphatic rings. The molecular weight excluding hydrogens is 268 g/mol. The number of thioether (sulfide) groups is 1. The van der Waals surface area contributed by atoms with Gasteiger partial charge in [-0.15, -0.1) is 11.8 Å². The number of aromatic nitrogens is 2. The molecule has 2 N–H and O–H groups in total. The van der Waals surface area contributed by atoms with E-state index in [0.29, 0.717) is 6.54 Å². The van der Waals surface area contributed by atoms with E-state index < -0.39 is 0 Å². The van der Waals surface area contributed by atoms with Gasteiger partial charge < -0.3 is 10.6 Å². The minimum absolute atomic E-state index is 0.531. The summed E-state index contributed by atoms with van der Waals surface area (Å²) in [5, 5.41) is 5.82. The van der Waals surface area contributed by atoms with Gasteiger partial charge >= 0.3 is 0 Å². The summed E-state index contributed by atoms with van der Waals surface area (Å²) in [4.78, 5) is 2.19. The average molecular weight is 290 g/mol. The monoisotopic (exact) mass is 290 g/mol. The van der Waals surface area contributed by atoms with Crippen LogP contribution in [0.5, 0.6) is 0 Å². The number of para-hydroxylation sites is 1. The fourth-order valence-corrected chi connectivity index (χ4v) is 3.31. The molecule has 4 nitrogen and oxygen atoms in total. The smallest absolute Gasteiger partial charge is 0.105 e. The fraction of sp³-hybridized carbons (Fsp3) is 0.400. The summed E-state index contributed by atoms with van der Waals surface area (Å²) in [5.41, 5.74) is 9.15. The molecule has 20 heavy (non-hydrogen) atoms. The van der Waals surface area contributed by atoms with Gasteiger partial charge in [-0.3, -0.25) is 0 Å². The lowest BCUT2D eigenvalue weighted by molar-refractivity contribution is 0.437. The molecule has 5 heteroatoms. The van der Waals surface area contributed by atoms with Gasteiger partial charge in [0.05, 0.1) is 11.4 Å². The highest BCUT2D eigenvalue weighted by Crippen LogP contribution is 2.28. The van der Waals surface area contributed by atoms with Crippen LogP contribution in [0.1, 0.15) is 11.3 Å². The summed E-state index contributed by atoms with van der Waals surface area (Å²) in [6.07, 6.45) is 0. The van der Waals surface area contributed by atoms with Crippen LogP contribution >= 0.6 is 11.8 Å². The summed E-state index contributed by atoms with van der Waals surface area (Å²) in [6.45, 7) is 3.59. The molecule has 1 heterocycles. The lowest BCUT2D eigenvalue weighted by Gasteiger charge is -2.11. The maximum atomic E-state index is 5.90. The van der Waals surface area contributed by atoms with Gasteiger partial charge in [0, 0.05) is 24.4 Å². The summed E-state index contributed by atoms with van der Waals surface area (Å²) in [6, 6.07) is 10.2. The first-order valence-electron chi connectivity index (χ1n) is 6.75. The molecule has 0 saturated heterocycles. The second-order valence-electron chi connectivity index (χ2n) is 4.97. The van der Waals surface area contributed by atoms with Crippen LogP contribution < -0.4 is 5.73 Å². The predicted molar refractivity (Wildman–Crippen MR) is 85.5 cm³/mol. The second-order valence-corrected chi connectivity index (χ2v) is 6.06. The van der Waals surface area contributed by atoms with Gasteiger partial charge in [0.25, 0.3) is 0 Å². The van der Waals surface area contributed by atoms with E-state index in [0.717, 1.165) is 34.3 Å². The molecule has 1 aromatic heterocycles. The van der Waals surface area contributed by atoms with Crippen molar-refractivity contribution in [2.45, 2.75) is 18.5 Å². The van der Waals surface area contributed by atoms with Crippen LogP contribution in [0.3, 0.4) is 0 Å². The first-order chi connectivity index (χ1) is 9.63. The number of aryl methyl sites for hydroxylation is 1. The van der Waals surface area contributed by atoms with Crippen molar-refractivity contribution < 1.29 is 0 Å². The second kappa shape index (κ2) is 6.92. The Morgan fingerprint density at radius 3 is 2.55 bits per heavy atom. The molecule has 0 atom stereocenters. The molecule has 0 aliphatic carbocycles. The quantitative estimate of drug-likeness (QED) is 0.829. The number of rotatable bonds is 6. The molecule has 2 aromatic rings. The van der Waals surface area contributed by atoms with E-state index in [1.165, 1.54) is 0 Å². The number of nitrogens with zero attached hydrogens (tertiary/aromatic N) is 3. The van der Waals surface area contributed by atoms with E-state index in [1.807, 2.05) is 41.6 Å². The Balaban J connectivity index is 2.31. The Morgan fingerprint density at radius 1 is 1.25 bits per heavy atom. The van der Waals surface area contributed by atoms with Crippen LogP contribution in [0.4, 0.5) is 0 Å². The molecule has 0 amide bonds. The van der Waals surface area contributed by atoms with Crippen molar-refractivity contribution in [2.75, 3.05) is 26.4 Å². The summed E-state index contributed by atoms with van der Waals surface area (Å²) in [7, 11) is 4.17. The largest absolute Gasteiger partial charge is 0.326 e. The van der Waals surface area contributed by atoms with E-state index in [2.05, 4.69) is 36.2 Å². The lowest BCUT2D eigenvalue weighted by atomic mass is 10.3. The zero-order chi connectivity index (χ0) is 14.5. The Kier molecular flexibility index (Phi) is 5.23. The van der Waals surface area contributed by atoms with Gasteiger partial charge in [0.2, 0.25) is 0 Å². The summed E-state index contributed by atoms with van der Waals surface area (Å²) < 4.78 is 2.01. The van der Waals surface area contributed by atoms with Gasteiger partial charge in [0.15, 0.2) is 0 Å². The molecule has 0 bridgehead atoms. The van der Waals surface area contributed by atoms with Crippen LogP contribution in [0, 0.1) is 6.92 Å². The molecule has 0 fully saturated rings. The van der Waals surface area contributed by atoms with E-state index in [-0.39, 0.29) is 0 Å². The molecule has 0 saturated carbocycles. The molecule has 0 spiro atoms. The van der Waals surface area contributed by atoms with Crippen LogP contribution in [0.15, 0.2) is 35.4 Å². The van der Waals surface area contributed by atoms with E-state index >= 15 is 0 Å². The third kappa shape index (κ3) is 3.42. The van der Waals surface area contributed by atoms with Crippen molar-refractivity contribution in [3.05, 3.63) is 41.6 Å².